The largest absolute Gasteiger partial charge is 0.504 e. The standard InChI is InChI=1S/C30H42O5/c1-7-21(2)9-13-26-29(4)17-8-16-28(3,25(29)15-18-30(26,5)33)20-35-27(32)14-11-22-10-12-23(31)24(19-22)34-6/h7,10-12,14,19,25-26,31,33H,1-2,8-9,13,15-18,20H2,3-6H3/t25-,26+,28+,29-,30+/m0/s1. The molecule has 0 radical (unpaired) electrons. The molecule has 35 heavy (non-hydrogen) atoms. The van der Waals surface area contributed by atoms with Crippen LogP contribution in [0.1, 0.15) is 71.3 Å². The van der Waals surface area contributed by atoms with Crippen molar-refractivity contribution in [1.29, 1.82) is 0 Å². The summed E-state index contributed by atoms with van der Waals surface area (Å²) >= 11 is 0. The lowest BCUT2D eigenvalue weighted by molar-refractivity contribution is -0.185. The van der Waals surface area contributed by atoms with Crippen LogP contribution >= 0.6 is 0 Å². The van der Waals surface area contributed by atoms with E-state index in [-0.39, 0.29) is 28.5 Å². The van der Waals surface area contributed by atoms with Gasteiger partial charge in [0.15, 0.2) is 11.5 Å². The number of hydrogen-bond donors (Lipinski definition) is 2. The van der Waals surface area contributed by atoms with Crippen LogP contribution in [-0.2, 0) is 9.53 Å². The van der Waals surface area contributed by atoms with Gasteiger partial charge in [0.05, 0.1) is 19.3 Å². The Labute approximate surface area is 210 Å². The van der Waals surface area contributed by atoms with E-state index in [4.69, 9.17) is 9.47 Å². The zero-order valence-electron chi connectivity index (χ0n) is 21.8. The number of allylic oxidation sites excluding steroid dienone is 2. The van der Waals surface area contributed by atoms with Crippen molar-refractivity contribution in [2.45, 2.75) is 71.3 Å². The van der Waals surface area contributed by atoms with Gasteiger partial charge >= 0.3 is 5.97 Å². The van der Waals surface area contributed by atoms with Gasteiger partial charge in [-0.1, -0.05) is 51.1 Å². The fourth-order valence-electron chi connectivity index (χ4n) is 6.93. The molecule has 1 aromatic rings. The first-order valence-electron chi connectivity index (χ1n) is 12.7. The maximum atomic E-state index is 12.6. The van der Waals surface area contributed by atoms with Crippen molar-refractivity contribution in [1.82, 2.24) is 0 Å². The van der Waals surface area contributed by atoms with Crippen molar-refractivity contribution in [2.75, 3.05) is 13.7 Å². The summed E-state index contributed by atoms with van der Waals surface area (Å²) in [5.74, 6) is 0.550. The summed E-state index contributed by atoms with van der Waals surface area (Å²) < 4.78 is 10.9. The fraction of sp³-hybridized carbons (Fsp3) is 0.567. The van der Waals surface area contributed by atoms with Crippen LogP contribution in [0.5, 0.6) is 11.5 Å². The number of benzene rings is 1. The van der Waals surface area contributed by atoms with E-state index in [0.717, 1.165) is 56.1 Å². The van der Waals surface area contributed by atoms with Gasteiger partial charge in [-0.3, -0.25) is 0 Å². The minimum absolute atomic E-state index is 0.0267. The molecule has 192 valence electrons. The Balaban J connectivity index is 1.71. The van der Waals surface area contributed by atoms with Crippen LogP contribution in [0.15, 0.2) is 49.1 Å². The molecule has 2 aliphatic rings. The summed E-state index contributed by atoms with van der Waals surface area (Å²) in [7, 11) is 1.49. The molecule has 2 aliphatic carbocycles. The number of esters is 1. The SMILES string of the molecule is C=CC(=C)CC[C@@H]1[C@@]2(C)CCC[C@](C)(COC(=O)C=Cc3ccc(O)c(OC)c3)[C@@H]2CC[C@@]1(C)O. The lowest BCUT2D eigenvalue weighted by Gasteiger charge is -2.61. The van der Waals surface area contributed by atoms with Crippen LogP contribution < -0.4 is 4.74 Å². The highest BCUT2D eigenvalue weighted by Gasteiger charge is 2.59. The Hall–Kier alpha value is -2.53. The summed E-state index contributed by atoms with van der Waals surface area (Å²) in [5.41, 5.74) is 0.877. The van der Waals surface area contributed by atoms with Gasteiger partial charge in [0.25, 0.3) is 0 Å². The molecule has 2 N–H and O–H groups in total. The van der Waals surface area contributed by atoms with Crippen molar-refractivity contribution < 1.29 is 24.5 Å². The van der Waals surface area contributed by atoms with Gasteiger partial charge in [0.2, 0.25) is 0 Å². The molecule has 5 nitrogen and oxygen atoms in total. The molecule has 5 heteroatoms. The maximum absolute atomic E-state index is 12.6. The second-order valence-electron chi connectivity index (χ2n) is 11.3. The van der Waals surface area contributed by atoms with Crippen molar-refractivity contribution in [2.24, 2.45) is 22.7 Å². The van der Waals surface area contributed by atoms with E-state index in [0.29, 0.717) is 18.3 Å². The van der Waals surface area contributed by atoms with E-state index < -0.39 is 5.60 Å². The number of phenolic OH excluding ortho intramolecular Hbond substituents is 1. The third-order valence-electron chi connectivity index (χ3n) is 8.79. The molecular weight excluding hydrogens is 440 g/mol. The van der Waals surface area contributed by atoms with Gasteiger partial charge in [-0.05, 0) is 86.5 Å². The number of carbonyl (C=O) groups excluding carboxylic acids is 1. The predicted molar refractivity (Wildman–Crippen MR) is 140 cm³/mol. The van der Waals surface area contributed by atoms with Crippen molar-refractivity contribution in [3.8, 4) is 11.5 Å². The minimum atomic E-state index is -0.713. The highest BCUT2D eigenvalue weighted by molar-refractivity contribution is 5.87. The maximum Gasteiger partial charge on any atom is 0.330 e. The lowest BCUT2D eigenvalue weighted by Crippen LogP contribution is -2.59. The average molecular weight is 483 g/mol. The van der Waals surface area contributed by atoms with Crippen molar-refractivity contribution in [3.05, 3.63) is 54.6 Å². The first kappa shape index (κ1) is 27.1. The molecule has 0 saturated heterocycles. The molecule has 0 bridgehead atoms. The van der Waals surface area contributed by atoms with Crippen LogP contribution in [-0.4, -0.2) is 35.5 Å². The number of hydrogen-bond acceptors (Lipinski definition) is 5. The molecule has 1 aromatic carbocycles. The molecule has 0 aliphatic heterocycles. The third kappa shape index (κ3) is 5.83. The highest BCUT2D eigenvalue weighted by Crippen LogP contribution is 2.63. The normalized spacial score (nSPS) is 32.6. The van der Waals surface area contributed by atoms with Gasteiger partial charge in [-0.15, -0.1) is 0 Å². The number of rotatable bonds is 9. The molecule has 0 unspecified atom stereocenters. The summed E-state index contributed by atoms with van der Waals surface area (Å²) in [6, 6.07) is 4.92. The number of carbonyl (C=O) groups is 1. The Bertz CT molecular complexity index is 977. The van der Waals surface area contributed by atoms with E-state index in [1.807, 2.05) is 13.0 Å². The quantitative estimate of drug-likeness (QED) is 0.240. The van der Waals surface area contributed by atoms with E-state index in [1.54, 1.807) is 18.2 Å². The Morgan fingerprint density at radius 1 is 1.23 bits per heavy atom. The number of aliphatic hydroxyl groups is 1. The summed E-state index contributed by atoms with van der Waals surface area (Å²) in [5, 5.41) is 21.1. The van der Waals surface area contributed by atoms with E-state index >= 15 is 0 Å². The van der Waals surface area contributed by atoms with Crippen LogP contribution in [0.4, 0.5) is 0 Å². The molecule has 2 fully saturated rings. The topological polar surface area (TPSA) is 76.0 Å². The van der Waals surface area contributed by atoms with E-state index in [2.05, 4.69) is 27.0 Å². The summed E-state index contributed by atoms with van der Waals surface area (Å²) in [6.07, 6.45) is 11.4. The number of aromatic hydroxyl groups is 1. The molecule has 2 saturated carbocycles. The van der Waals surface area contributed by atoms with Crippen molar-refractivity contribution in [3.63, 3.8) is 0 Å². The number of methoxy groups -OCH3 is 1. The minimum Gasteiger partial charge on any atom is -0.504 e. The van der Waals surface area contributed by atoms with Crippen LogP contribution in [0.2, 0.25) is 0 Å². The van der Waals surface area contributed by atoms with Crippen molar-refractivity contribution >= 4 is 12.0 Å². The highest BCUT2D eigenvalue weighted by atomic mass is 16.5. The zero-order valence-corrected chi connectivity index (χ0v) is 21.8. The Morgan fingerprint density at radius 3 is 2.66 bits per heavy atom. The molecule has 0 amide bonds. The van der Waals surface area contributed by atoms with Gasteiger partial charge in [0, 0.05) is 11.5 Å². The molecule has 0 aromatic heterocycles. The molecule has 0 spiro atoms. The van der Waals surface area contributed by atoms with Gasteiger partial charge in [-0.2, -0.15) is 0 Å². The van der Waals surface area contributed by atoms with Crippen LogP contribution in [0, 0.1) is 22.7 Å². The molecule has 3 rings (SSSR count). The van der Waals surface area contributed by atoms with Gasteiger partial charge < -0.3 is 19.7 Å². The second kappa shape index (κ2) is 10.6. The Morgan fingerprint density at radius 2 is 1.97 bits per heavy atom. The van der Waals surface area contributed by atoms with Gasteiger partial charge in [-0.25, -0.2) is 4.79 Å². The zero-order chi connectivity index (χ0) is 25.9. The average Bonchev–Trinajstić information content (AvgIpc) is 2.81. The van der Waals surface area contributed by atoms with E-state index in [9.17, 15) is 15.0 Å². The molecule has 5 atom stereocenters. The predicted octanol–water partition coefficient (Wildman–Crippen LogP) is 6.45. The van der Waals surface area contributed by atoms with Crippen LogP contribution in [0.3, 0.4) is 0 Å². The summed E-state index contributed by atoms with van der Waals surface area (Å²) in [6.45, 7) is 14.9. The van der Waals surface area contributed by atoms with Crippen LogP contribution in [0.25, 0.3) is 6.08 Å². The molecular formula is C30H42O5. The lowest BCUT2D eigenvalue weighted by atomic mass is 9.45. The van der Waals surface area contributed by atoms with E-state index in [1.165, 1.54) is 19.3 Å². The second-order valence-corrected chi connectivity index (χ2v) is 11.3. The third-order valence-corrected chi connectivity index (χ3v) is 8.79. The summed E-state index contributed by atoms with van der Waals surface area (Å²) in [4.78, 5) is 12.6. The van der Waals surface area contributed by atoms with Gasteiger partial charge in [0.1, 0.15) is 0 Å². The molecule has 0 heterocycles. The fourth-order valence-corrected chi connectivity index (χ4v) is 6.93. The first-order chi connectivity index (χ1) is 16.4. The smallest absolute Gasteiger partial charge is 0.330 e. The number of ether oxygens (including phenoxy) is 2. The Kier molecular flexibility index (Phi) is 8.21. The number of phenols is 1. The first-order valence-corrected chi connectivity index (χ1v) is 12.7. The monoisotopic (exact) mass is 482 g/mol. The number of fused-ring (bicyclic) bond motifs is 1.